The Hall–Kier alpha value is -1.82. The molecule has 0 aromatic carbocycles. The predicted octanol–water partition coefficient (Wildman–Crippen LogP) is 4.90. The number of esters is 1. The Balaban J connectivity index is 1.87. The number of rotatable bonds is 3. The zero-order chi connectivity index (χ0) is 24.7. The molecule has 4 aliphatic rings. The van der Waals surface area contributed by atoms with Gasteiger partial charge in [-0.05, 0) is 45.1 Å². The van der Waals surface area contributed by atoms with E-state index in [1.54, 1.807) is 20.8 Å². The van der Waals surface area contributed by atoms with Crippen molar-refractivity contribution in [2.24, 2.45) is 34.5 Å². The van der Waals surface area contributed by atoms with Crippen LogP contribution in [-0.4, -0.2) is 34.6 Å². The van der Waals surface area contributed by atoms with Crippen molar-refractivity contribution in [2.45, 2.75) is 78.5 Å². The minimum atomic E-state index is -2.30. The molecule has 180 valence electrons. The van der Waals surface area contributed by atoms with Gasteiger partial charge < -0.3 is 4.74 Å². The highest BCUT2D eigenvalue weighted by Gasteiger charge is 2.77. The molecule has 0 amide bonds. The van der Waals surface area contributed by atoms with Crippen LogP contribution in [0.5, 0.6) is 0 Å². The van der Waals surface area contributed by atoms with Crippen molar-refractivity contribution < 1.29 is 28.3 Å². The summed E-state index contributed by atoms with van der Waals surface area (Å²) in [5.41, 5.74) is -5.69. The van der Waals surface area contributed by atoms with Gasteiger partial charge in [0, 0.05) is 34.8 Å². The van der Waals surface area contributed by atoms with E-state index in [9.17, 15) is 19.2 Å². The number of allylic oxidation sites excluding steroid dienone is 4. The summed E-state index contributed by atoms with van der Waals surface area (Å²) < 4.78 is 23.2. The number of ketones is 3. The van der Waals surface area contributed by atoms with Crippen molar-refractivity contribution in [3.05, 3.63) is 22.8 Å². The molecule has 0 radical (unpaired) electrons. The molecule has 0 bridgehead atoms. The van der Waals surface area contributed by atoms with Gasteiger partial charge in [0.1, 0.15) is 0 Å². The number of fused-ring (bicyclic) bond motifs is 5. The first-order valence-corrected chi connectivity index (χ1v) is 12.1. The Bertz CT molecular complexity index is 1030. The minimum Gasteiger partial charge on any atom is -0.450 e. The van der Waals surface area contributed by atoms with E-state index in [1.807, 2.05) is 13.8 Å². The van der Waals surface area contributed by atoms with E-state index < -0.39 is 45.7 Å². The normalized spacial score (nSPS) is 44.5. The third-order valence-electron chi connectivity index (χ3n) is 9.31. The molecule has 0 aliphatic heterocycles. The molecular formula is C26H32ClFO5. The first-order valence-electron chi connectivity index (χ1n) is 11.8. The van der Waals surface area contributed by atoms with Crippen LogP contribution in [0.1, 0.15) is 67.2 Å². The van der Waals surface area contributed by atoms with Crippen LogP contribution < -0.4 is 0 Å². The second-order valence-electron chi connectivity index (χ2n) is 11.2. The first kappa shape index (κ1) is 24.3. The Kier molecular flexibility index (Phi) is 5.41. The lowest BCUT2D eigenvalue weighted by atomic mass is 9.45. The van der Waals surface area contributed by atoms with E-state index in [2.05, 4.69) is 0 Å². The van der Waals surface area contributed by atoms with Crippen LogP contribution in [0.2, 0.25) is 0 Å². The number of carbonyl (C=O) groups excluding carboxylic acids is 4. The predicted molar refractivity (Wildman–Crippen MR) is 121 cm³/mol. The first-order chi connectivity index (χ1) is 15.2. The summed E-state index contributed by atoms with van der Waals surface area (Å²) in [6, 6.07) is 0. The zero-order valence-electron chi connectivity index (χ0n) is 20.1. The number of hydrogen-bond donors (Lipinski definition) is 0. The lowest BCUT2D eigenvalue weighted by Crippen LogP contribution is -2.68. The smallest absolute Gasteiger partial charge is 0.309 e. The molecule has 0 unspecified atom stereocenters. The van der Waals surface area contributed by atoms with Gasteiger partial charge in [-0.15, -0.1) is 0 Å². The van der Waals surface area contributed by atoms with Crippen LogP contribution in [0.4, 0.5) is 4.39 Å². The van der Waals surface area contributed by atoms with Crippen molar-refractivity contribution in [1.29, 1.82) is 0 Å². The fraction of sp³-hybridized carbons (Fsp3) is 0.692. The van der Waals surface area contributed by atoms with E-state index in [0.29, 0.717) is 24.8 Å². The molecule has 7 atom stereocenters. The Labute approximate surface area is 199 Å². The lowest BCUT2D eigenvalue weighted by Gasteiger charge is -2.60. The molecule has 4 aliphatic carbocycles. The second kappa shape index (κ2) is 7.34. The molecule has 5 nitrogen and oxygen atoms in total. The van der Waals surface area contributed by atoms with E-state index in [-0.39, 0.29) is 34.9 Å². The van der Waals surface area contributed by atoms with Crippen LogP contribution >= 0.6 is 11.6 Å². The van der Waals surface area contributed by atoms with Crippen molar-refractivity contribution >= 4 is 34.9 Å². The summed E-state index contributed by atoms with van der Waals surface area (Å²) >= 11 is 6.50. The summed E-state index contributed by atoms with van der Waals surface area (Å²) in [6.07, 6.45) is 3.64. The Morgan fingerprint density at radius 3 is 2.39 bits per heavy atom. The Morgan fingerprint density at radius 2 is 1.82 bits per heavy atom. The van der Waals surface area contributed by atoms with Crippen LogP contribution in [0.25, 0.3) is 0 Å². The zero-order valence-corrected chi connectivity index (χ0v) is 20.8. The number of alkyl halides is 1. The van der Waals surface area contributed by atoms with Crippen molar-refractivity contribution in [1.82, 2.24) is 0 Å². The number of ether oxygens (including phenoxy) is 1. The molecule has 0 N–H and O–H groups in total. The fourth-order valence-corrected chi connectivity index (χ4v) is 8.01. The van der Waals surface area contributed by atoms with Crippen molar-refractivity contribution in [3.8, 4) is 0 Å². The van der Waals surface area contributed by atoms with Gasteiger partial charge in [0.05, 0.1) is 11.3 Å². The van der Waals surface area contributed by atoms with Crippen LogP contribution in [0.15, 0.2) is 22.8 Å². The molecule has 3 fully saturated rings. The monoisotopic (exact) mass is 478 g/mol. The third-order valence-corrected chi connectivity index (χ3v) is 9.80. The van der Waals surface area contributed by atoms with Gasteiger partial charge in [0.2, 0.25) is 0 Å². The SMILES string of the molecule is CC(=O)[C@@]1(OC(=O)C(C)C)[C@@H](C)C[C@H]2[C@@H]3CCC4=CC(=O)C=C(Cl)[C@]4(C)[C@@]3(F)C(=O)C[C@@]21C. The lowest BCUT2D eigenvalue weighted by molar-refractivity contribution is -0.203. The molecule has 33 heavy (non-hydrogen) atoms. The van der Waals surface area contributed by atoms with Gasteiger partial charge in [-0.2, -0.15) is 0 Å². The average molecular weight is 479 g/mol. The highest BCUT2D eigenvalue weighted by molar-refractivity contribution is 6.33. The maximum atomic E-state index is 17.3. The summed E-state index contributed by atoms with van der Waals surface area (Å²) in [5.74, 6) is -3.62. The largest absolute Gasteiger partial charge is 0.450 e. The van der Waals surface area contributed by atoms with E-state index in [1.165, 1.54) is 19.1 Å². The molecule has 0 saturated heterocycles. The van der Waals surface area contributed by atoms with Crippen LogP contribution in [0, 0.1) is 34.5 Å². The molecule has 3 saturated carbocycles. The maximum Gasteiger partial charge on any atom is 0.309 e. The maximum absolute atomic E-state index is 17.3. The number of hydrogen-bond acceptors (Lipinski definition) is 5. The van der Waals surface area contributed by atoms with Gasteiger partial charge in [0.25, 0.3) is 0 Å². The van der Waals surface area contributed by atoms with Crippen LogP contribution in [-0.2, 0) is 23.9 Å². The van der Waals surface area contributed by atoms with E-state index in [4.69, 9.17) is 16.3 Å². The molecular weight excluding hydrogens is 447 g/mol. The second-order valence-corrected chi connectivity index (χ2v) is 11.6. The van der Waals surface area contributed by atoms with Gasteiger partial charge in [-0.3, -0.25) is 19.2 Å². The van der Waals surface area contributed by atoms with Gasteiger partial charge in [0.15, 0.2) is 28.6 Å². The number of carbonyl (C=O) groups is 4. The highest BCUT2D eigenvalue weighted by atomic mass is 35.5. The average Bonchev–Trinajstić information content (AvgIpc) is 2.92. The van der Waals surface area contributed by atoms with Gasteiger partial charge in [-0.1, -0.05) is 44.9 Å². The van der Waals surface area contributed by atoms with Crippen molar-refractivity contribution in [3.63, 3.8) is 0 Å². The summed E-state index contributed by atoms with van der Waals surface area (Å²) in [5, 5.41) is 0.0456. The molecule has 0 aromatic heterocycles. The quantitative estimate of drug-likeness (QED) is 0.539. The van der Waals surface area contributed by atoms with Crippen LogP contribution in [0.3, 0.4) is 0 Å². The minimum absolute atomic E-state index is 0.0456. The Morgan fingerprint density at radius 1 is 1.18 bits per heavy atom. The molecule has 0 spiro atoms. The van der Waals surface area contributed by atoms with Gasteiger partial charge in [-0.25, -0.2) is 4.39 Å². The molecule has 0 aromatic rings. The number of halogens is 2. The molecule has 7 heteroatoms. The topological polar surface area (TPSA) is 77.5 Å². The summed E-state index contributed by atoms with van der Waals surface area (Å²) in [7, 11) is 0. The fourth-order valence-electron chi connectivity index (χ4n) is 7.65. The molecule has 4 rings (SSSR count). The van der Waals surface area contributed by atoms with E-state index >= 15 is 4.39 Å². The van der Waals surface area contributed by atoms with Crippen molar-refractivity contribution in [2.75, 3.05) is 0 Å². The summed E-state index contributed by atoms with van der Waals surface area (Å²) in [6.45, 7) is 10.1. The third kappa shape index (κ3) is 2.76. The molecule has 0 heterocycles. The highest BCUT2D eigenvalue weighted by Crippen LogP contribution is 2.71. The summed E-state index contributed by atoms with van der Waals surface area (Å²) in [4.78, 5) is 51.8. The standard InChI is InChI=1S/C26H32ClFO5/c1-13(2)22(32)33-26(15(4)29)14(3)9-19-18-8-7-16-10-17(30)11-20(27)24(16,6)25(18,28)21(31)12-23(19,26)5/h10-11,13-14,18-19H,7-9,12H2,1-6H3/t14-,18-,19-,23-,24+,25-,26-/m0/s1. The number of Topliss-reactive ketones (excluding diaryl/α,β-unsaturated/α-hetero) is 2. The van der Waals surface area contributed by atoms with Gasteiger partial charge >= 0.3 is 5.97 Å². The van der Waals surface area contributed by atoms with E-state index in [0.717, 1.165) is 0 Å².